The van der Waals surface area contributed by atoms with Gasteiger partial charge in [0, 0.05) is 15.6 Å². The maximum Gasteiger partial charge on any atom is 0.446 e. The lowest BCUT2D eigenvalue weighted by molar-refractivity contribution is -0.0328. The second-order valence-electron chi connectivity index (χ2n) is 3.16. The van der Waals surface area contributed by atoms with Crippen molar-refractivity contribution in [1.82, 2.24) is 0 Å². The molecule has 0 aliphatic heterocycles. The Bertz CT molecular complexity index is 620. The van der Waals surface area contributed by atoms with Crippen molar-refractivity contribution in [2.75, 3.05) is 0 Å². The van der Waals surface area contributed by atoms with Gasteiger partial charge in [-0.2, -0.15) is 18.4 Å². The molecule has 0 saturated heterocycles. The number of hydrogen-bond donors (Lipinski definition) is 0. The van der Waals surface area contributed by atoms with Gasteiger partial charge < -0.3 is 0 Å². The van der Waals surface area contributed by atoms with Gasteiger partial charge in [-0.05, 0) is 36.4 Å². The molecule has 1 aromatic rings. The van der Waals surface area contributed by atoms with Gasteiger partial charge in [-0.25, -0.2) is 8.42 Å². The first kappa shape index (κ1) is 15.1. The highest BCUT2D eigenvalue weighted by molar-refractivity contribution is 8.13. The minimum absolute atomic E-state index is 0.0956. The van der Waals surface area contributed by atoms with Crippen LogP contribution in [-0.4, -0.2) is 13.9 Å². The summed E-state index contributed by atoms with van der Waals surface area (Å²) in [5.41, 5.74) is -5.00. The Morgan fingerprint density at radius 1 is 1.39 bits per heavy atom. The molecule has 0 aliphatic carbocycles. The van der Waals surface area contributed by atoms with Crippen molar-refractivity contribution < 1.29 is 21.6 Å². The van der Waals surface area contributed by atoms with Crippen LogP contribution < -0.4 is 0 Å². The van der Waals surface area contributed by atoms with Crippen LogP contribution in [0.2, 0.25) is 0 Å². The van der Waals surface area contributed by atoms with Gasteiger partial charge in [0.15, 0.2) is 0 Å². The lowest BCUT2D eigenvalue weighted by atomic mass is 10.1. The summed E-state index contributed by atoms with van der Waals surface area (Å²) in [6, 6.07) is 3.42. The van der Waals surface area contributed by atoms with Crippen molar-refractivity contribution in [1.29, 1.82) is 5.26 Å². The predicted molar refractivity (Wildman–Crippen MR) is 60.8 cm³/mol. The molecule has 98 valence electrons. The van der Waals surface area contributed by atoms with Crippen LogP contribution in [0.25, 0.3) is 0 Å². The number of alkyl halides is 3. The first-order valence-corrected chi connectivity index (χ1v) is 7.43. The van der Waals surface area contributed by atoms with E-state index in [1.807, 2.05) is 0 Å². The number of hydrogen-bond acceptors (Lipinski definition) is 4. The van der Waals surface area contributed by atoms with Crippen LogP contribution in [-0.2, 0) is 9.05 Å². The van der Waals surface area contributed by atoms with Crippen molar-refractivity contribution in [3.63, 3.8) is 0 Å². The third kappa shape index (κ3) is 3.54. The number of nitrogens with zero attached hydrogens (tertiary/aromatic N) is 1. The molecule has 0 unspecified atom stereocenters. The van der Waals surface area contributed by atoms with Gasteiger partial charge in [-0.15, -0.1) is 0 Å². The minimum atomic E-state index is -4.56. The SMILES string of the molecule is Cc1c(S(=O)(=O)Cl)ccc(SC(F)(F)F)c1C#N. The van der Waals surface area contributed by atoms with Gasteiger partial charge in [0.25, 0.3) is 9.05 Å². The number of rotatable bonds is 2. The second kappa shape index (κ2) is 4.99. The number of halogens is 4. The summed E-state index contributed by atoms with van der Waals surface area (Å²) in [6.07, 6.45) is 0. The molecule has 0 N–H and O–H groups in total. The molecule has 0 fully saturated rings. The van der Waals surface area contributed by atoms with Crippen molar-refractivity contribution in [3.05, 3.63) is 23.3 Å². The molecule has 0 heterocycles. The maximum atomic E-state index is 12.2. The van der Waals surface area contributed by atoms with Crippen LogP contribution in [0.4, 0.5) is 13.2 Å². The van der Waals surface area contributed by atoms with E-state index >= 15 is 0 Å². The molecule has 1 aromatic carbocycles. The first-order chi connectivity index (χ1) is 8.06. The van der Waals surface area contributed by atoms with E-state index in [2.05, 4.69) is 0 Å². The lowest BCUT2D eigenvalue weighted by Gasteiger charge is -2.10. The van der Waals surface area contributed by atoms with Crippen LogP contribution in [0.5, 0.6) is 0 Å². The van der Waals surface area contributed by atoms with Gasteiger partial charge >= 0.3 is 5.51 Å². The van der Waals surface area contributed by atoms with E-state index in [0.717, 1.165) is 12.1 Å². The molecule has 0 aliphatic rings. The van der Waals surface area contributed by atoms with Crippen LogP contribution in [0.1, 0.15) is 11.1 Å². The smallest absolute Gasteiger partial charge is 0.207 e. The molecule has 0 atom stereocenters. The van der Waals surface area contributed by atoms with E-state index in [4.69, 9.17) is 15.9 Å². The van der Waals surface area contributed by atoms with Crippen molar-refractivity contribution in [2.45, 2.75) is 22.2 Å². The fraction of sp³-hybridized carbons (Fsp3) is 0.222. The molecule has 0 spiro atoms. The van der Waals surface area contributed by atoms with Gasteiger partial charge in [0.05, 0.1) is 10.5 Å². The van der Waals surface area contributed by atoms with Crippen molar-refractivity contribution >= 4 is 31.5 Å². The zero-order chi connectivity index (χ0) is 14.1. The average molecular weight is 316 g/mol. The third-order valence-electron chi connectivity index (χ3n) is 1.98. The Kier molecular flexibility index (Phi) is 4.20. The zero-order valence-electron chi connectivity index (χ0n) is 8.75. The van der Waals surface area contributed by atoms with Crippen LogP contribution in [0.3, 0.4) is 0 Å². The Labute approximate surface area is 110 Å². The third-order valence-corrected chi connectivity index (χ3v) is 4.24. The highest BCUT2D eigenvalue weighted by atomic mass is 35.7. The summed E-state index contributed by atoms with van der Waals surface area (Å²) in [6.45, 7) is 1.23. The van der Waals surface area contributed by atoms with Gasteiger partial charge in [-0.1, -0.05) is 0 Å². The van der Waals surface area contributed by atoms with Crippen LogP contribution in [0.15, 0.2) is 21.9 Å². The van der Waals surface area contributed by atoms with Gasteiger partial charge in [0.2, 0.25) is 0 Å². The summed E-state index contributed by atoms with van der Waals surface area (Å²) < 4.78 is 59.0. The van der Waals surface area contributed by atoms with E-state index in [1.165, 1.54) is 6.92 Å². The minimum Gasteiger partial charge on any atom is -0.207 e. The molecule has 0 amide bonds. The highest BCUT2D eigenvalue weighted by Gasteiger charge is 2.31. The summed E-state index contributed by atoms with van der Waals surface area (Å²) in [7, 11) is 1.02. The van der Waals surface area contributed by atoms with Crippen LogP contribution >= 0.6 is 22.4 Å². The molecule has 18 heavy (non-hydrogen) atoms. The first-order valence-electron chi connectivity index (χ1n) is 4.30. The molecule has 0 saturated carbocycles. The van der Waals surface area contributed by atoms with Crippen LogP contribution in [0, 0.1) is 18.3 Å². The summed E-state index contributed by atoms with van der Waals surface area (Å²) in [5.74, 6) is 0. The fourth-order valence-electron chi connectivity index (χ4n) is 1.28. The number of thioether (sulfide) groups is 1. The predicted octanol–water partition coefficient (Wildman–Crippen LogP) is 3.41. The van der Waals surface area contributed by atoms with Crippen molar-refractivity contribution in [2.24, 2.45) is 0 Å². The molecular formula is C9H5ClF3NO2S2. The summed E-state index contributed by atoms with van der Waals surface area (Å²) in [5, 5.41) is 8.82. The number of nitriles is 1. The Morgan fingerprint density at radius 2 is 1.94 bits per heavy atom. The lowest BCUT2D eigenvalue weighted by Crippen LogP contribution is -2.03. The van der Waals surface area contributed by atoms with Gasteiger partial charge in [-0.3, -0.25) is 0 Å². The quantitative estimate of drug-likeness (QED) is 0.620. The summed E-state index contributed by atoms with van der Waals surface area (Å²) in [4.78, 5) is -0.723. The highest BCUT2D eigenvalue weighted by Crippen LogP contribution is 2.40. The van der Waals surface area contributed by atoms with E-state index in [9.17, 15) is 21.6 Å². The van der Waals surface area contributed by atoms with E-state index in [0.29, 0.717) is 0 Å². The standard InChI is InChI=1S/C9H5ClF3NO2S2/c1-5-6(4-14)7(17-9(11,12)13)2-3-8(5)18(10,15)16/h2-3H,1H3. The number of benzene rings is 1. The fourth-order valence-corrected chi connectivity index (χ4v) is 3.17. The Balaban J connectivity index is 3.45. The molecule has 3 nitrogen and oxygen atoms in total. The van der Waals surface area contributed by atoms with E-state index < -0.39 is 26.3 Å². The molecular weight excluding hydrogens is 311 g/mol. The van der Waals surface area contributed by atoms with Gasteiger partial charge in [0.1, 0.15) is 6.07 Å². The topological polar surface area (TPSA) is 57.9 Å². The molecule has 9 heteroatoms. The maximum absolute atomic E-state index is 12.2. The average Bonchev–Trinajstić information content (AvgIpc) is 2.13. The normalized spacial score (nSPS) is 12.2. The monoisotopic (exact) mass is 315 g/mol. The van der Waals surface area contributed by atoms with E-state index in [-0.39, 0.29) is 20.9 Å². The molecule has 0 aromatic heterocycles. The van der Waals surface area contributed by atoms with Crippen molar-refractivity contribution in [3.8, 4) is 6.07 Å². The summed E-state index contributed by atoms with van der Waals surface area (Å²) >= 11 is -0.475. The largest absolute Gasteiger partial charge is 0.446 e. The molecule has 0 radical (unpaired) electrons. The molecule has 1 rings (SSSR count). The second-order valence-corrected chi connectivity index (χ2v) is 6.80. The Morgan fingerprint density at radius 3 is 2.33 bits per heavy atom. The molecule has 0 bridgehead atoms. The van der Waals surface area contributed by atoms with E-state index in [1.54, 1.807) is 6.07 Å². The Hall–Kier alpha value is -0.910. The zero-order valence-corrected chi connectivity index (χ0v) is 11.1.